The van der Waals surface area contributed by atoms with Crippen molar-refractivity contribution in [1.82, 2.24) is 10.2 Å². The second-order valence-electron chi connectivity index (χ2n) is 5.61. The molecule has 0 atom stereocenters. The fourth-order valence-corrected chi connectivity index (χ4v) is 2.07. The van der Waals surface area contributed by atoms with Crippen molar-refractivity contribution in [3.63, 3.8) is 0 Å². The summed E-state index contributed by atoms with van der Waals surface area (Å²) >= 11 is 0. The van der Waals surface area contributed by atoms with E-state index >= 15 is 0 Å². The van der Waals surface area contributed by atoms with Crippen LogP contribution in [0.1, 0.15) is 31.9 Å². The third kappa shape index (κ3) is 7.63. The van der Waals surface area contributed by atoms with Gasteiger partial charge in [-0.2, -0.15) is 0 Å². The Hall–Kier alpha value is -0.900. The van der Waals surface area contributed by atoms with E-state index in [0.29, 0.717) is 6.04 Å². The number of hydrogen-bond donors (Lipinski definition) is 1. The monoisotopic (exact) mass is 278 g/mol. The zero-order valence-corrected chi connectivity index (χ0v) is 13.5. The Labute approximate surface area is 124 Å². The van der Waals surface area contributed by atoms with Gasteiger partial charge in [-0.3, -0.25) is 4.90 Å². The lowest BCUT2D eigenvalue weighted by Crippen LogP contribution is -2.25. The molecule has 0 heterocycles. The van der Waals surface area contributed by atoms with Crippen molar-refractivity contribution in [3.05, 3.63) is 35.4 Å². The number of nitrogens with zero attached hydrogens (tertiary/aromatic N) is 1. The van der Waals surface area contributed by atoms with Crippen LogP contribution in [-0.4, -0.2) is 44.3 Å². The first-order valence-electron chi connectivity index (χ1n) is 7.69. The first kappa shape index (κ1) is 17.2. The summed E-state index contributed by atoms with van der Waals surface area (Å²) in [6, 6.07) is 9.53. The van der Waals surface area contributed by atoms with Gasteiger partial charge in [-0.05, 0) is 38.1 Å². The molecule has 1 rings (SSSR count). The summed E-state index contributed by atoms with van der Waals surface area (Å²) in [5, 5.41) is 3.45. The van der Waals surface area contributed by atoms with Crippen molar-refractivity contribution in [3.8, 4) is 0 Å². The number of ether oxygens (including phenoxy) is 1. The molecule has 0 aliphatic heterocycles. The lowest BCUT2D eigenvalue weighted by molar-refractivity contribution is 0.120. The fraction of sp³-hybridized carbons (Fsp3) is 0.647. The maximum absolute atomic E-state index is 5.38. The van der Waals surface area contributed by atoms with Crippen LogP contribution < -0.4 is 5.32 Å². The first-order chi connectivity index (χ1) is 9.61. The van der Waals surface area contributed by atoms with Gasteiger partial charge in [0, 0.05) is 25.7 Å². The van der Waals surface area contributed by atoms with Crippen molar-refractivity contribution in [2.24, 2.45) is 0 Å². The SMILES string of the molecule is CCOCCN(C)Cc1ccc(CCNC(C)C)cc1. The van der Waals surface area contributed by atoms with E-state index in [9.17, 15) is 0 Å². The predicted molar refractivity (Wildman–Crippen MR) is 86.1 cm³/mol. The topological polar surface area (TPSA) is 24.5 Å². The van der Waals surface area contributed by atoms with E-state index in [-0.39, 0.29) is 0 Å². The Bertz CT molecular complexity index is 349. The minimum atomic E-state index is 0.563. The summed E-state index contributed by atoms with van der Waals surface area (Å²) in [5.74, 6) is 0. The molecule has 0 amide bonds. The molecule has 0 unspecified atom stereocenters. The molecule has 20 heavy (non-hydrogen) atoms. The van der Waals surface area contributed by atoms with Gasteiger partial charge in [-0.15, -0.1) is 0 Å². The summed E-state index contributed by atoms with van der Waals surface area (Å²) in [7, 11) is 2.14. The maximum Gasteiger partial charge on any atom is 0.0593 e. The van der Waals surface area contributed by atoms with Gasteiger partial charge in [-0.1, -0.05) is 38.1 Å². The molecule has 1 N–H and O–H groups in total. The van der Waals surface area contributed by atoms with Gasteiger partial charge < -0.3 is 10.1 Å². The molecule has 0 saturated heterocycles. The van der Waals surface area contributed by atoms with Crippen LogP contribution in [0.3, 0.4) is 0 Å². The summed E-state index contributed by atoms with van der Waals surface area (Å²) in [4.78, 5) is 2.30. The second-order valence-corrected chi connectivity index (χ2v) is 5.61. The zero-order chi connectivity index (χ0) is 14.8. The Morgan fingerprint density at radius 1 is 1.15 bits per heavy atom. The molecule has 0 bridgehead atoms. The Morgan fingerprint density at radius 3 is 2.40 bits per heavy atom. The molecule has 0 fully saturated rings. The summed E-state index contributed by atoms with van der Waals surface area (Å²) in [6.45, 7) is 11.0. The van der Waals surface area contributed by atoms with E-state index in [2.05, 4.69) is 55.4 Å². The van der Waals surface area contributed by atoms with Gasteiger partial charge in [0.2, 0.25) is 0 Å². The van der Waals surface area contributed by atoms with Gasteiger partial charge in [0.15, 0.2) is 0 Å². The minimum absolute atomic E-state index is 0.563. The highest BCUT2D eigenvalue weighted by Gasteiger charge is 2.01. The molecular weight excluding hydrogens is 248 g/mol. The molecule has 1 aromatic carbocycles. The Balaban J connectivity index is 2.30. The number of hydrogen-bond acceptors (Lipinski definition) is 3. The molecule has 0 aromatic heterocycles. The van der Waals surface area contributed by atoms with Crippen LogP contribution in [0.4, 0.5) is 0 Å². The smallest absolute Gasteiger partial charge is 0.0593 e. The fourth-order valence-electron chi connectivity index (χ4n) is 2.07. The van der Waals surface area contributed by atoms with E-state index in [1.807, 2.05) is 6.92 Å². The van der Waals surface area contributed by atoms with Gasteiger partial charge in [0.25, 0.3) is 0 Å². The van der Waals surface area contributed by atoms with Gasteiger partial charge in [0.1, 0.15) is 0 Å². The second kappa shape index (κ2) is 9.92. The van der Waals surface area contributed by atoms with E-state index < -0.39 is 0 Å². The average molecular weight is 278 g/mol. The molecular formula is C17H30N2O. The molecule has 0 spiro atoms. The van der Waals surface area contributed by atoms with E-state index in [1.165, 1.54) is 11.1 Å². The third-order valence-electron chi connectivity index (χ3n) is 3.26. The van der Waals surface area contributed by atoms with E-state index in [0.717, 1.165) is 39.3 Å². The van der Waals surface area contributed by atoms with Gasteiger partial charge in [-0.25, -0.2) is 0 Å². The summed E-state index contributed by atoms with van der Waals surface area (Å²) in [6.07, 6.45) is 1.10. The normalized spacial score (nSPS) is 11.5. The molecule has 0 aliphatic rings. The van der Waals surface area contributed by atoms with Gasteiger partial charge >= 0.3 is 0 Å². The molecule has 114 valence electrons. The summed E-state index contributed by atoms with van der Waals surface area (Å²) < 4.78 is 5.38. The third-order valence-corrected chi connectivity index (χ3v) is 3.26. The number of nitrogens with one attached hydrogen (secondary N) is 1. The zero-order valence-electron chi connectivity index (χ0n) is 13.5. The molecule has 3 nitrogen and oxygen atoms in total. The Kier molecular flexibility index (Phi) is 8.51. The molecule has 0 aliphatic carbocycles. The van der Waals surface area contributed by atoms with Crippen LogP contribution in [0.25, 0.3) is 0 Å². The predicted octanol–water partition coefficient (Wildman–Crippen LogP) is 2.70. The maximum atomic E-state index is 5.38. The van der Waals surface area contributed by atoms with Gasteiger partial charge in [0.05, 0.1) is 6.61 Å². The quantitative estimate of drug-likeness (QED) is 0.666. The lowest BCUT2D eigenvalue weighted by Gasteiger charge is -2.16. The van der Waals surface area contributed by atoms with Crippen molar-refractivity contribution >= 4 is 0 Å². The highest BCUT2D eigenvalue weighted by atomic mass is 16.5. The molecule has 3 heteroatoms. The van der Waals surface area contributed by atoms with Crippen LogP contribution in [0.5, 0.6) is 0 Å². The first-order valence-corrected chi connectivity index (χ1v) is 7.69. The van der Waals surface area contributed by atoms with Crippen molar-refractivity contribution in [1.29, 1.82) is 0 Å². The van der Waals surface area contributed by atoms with Crippen molar-refractivity contribution in [2.45, 2.75) is 39.8 Å². The largest absolute Gasteiger partial charge is 0.380 e. The lowest BCUT2D eigenvalue weighted by atomic mass is 10.1. The van der Waals surface area contributed by atoms with Crippen LogP contribution in [-0.2, 0) is 17.7 Å². The van der Waals surface area contributed by atoms with Crippen LogP contribution in [0.2, 0.25) is 0 Å². The standard InChI is InChI=1S/C17H30N2O/c1-5-20-13-12-19(4)14-17-8-6-16(7-9-17)10-11-18-15(2)3/h6-9,15,18H,5,10-14H2,1-4H3. The van der Waals surface area contributed by atoms with Crippen molar-refractivity contribution < 1.29 is 4.74 Å². The number of likely N-dealkylation sites (N-methyl/N-ethyl adjacent to an activating group) is 1. The minimum Gasteiger partial charge on any atom is -0.380 e. The van der Waals surface area contributed by atoms with E-state index in [1.54, 1.807) is 0 Å². The highest BCUT2D eigenvalue weighted by molar-refractivity contribution is 5.22. The van der Waals surface area contributed by atoms with E-state index in [4.69, 9.17) is 4.74 Å². The van der Waals surface area contributed by atoms with Crippen LogP contribution >= 0.6 is 0 Å². The van der Waals surface area contributed by atoms with Crippen LogP contribution in [0, 0.1) is 0 Å². The molecule has 1 aromatic rings. The Morgan fingerprint density at radius 2 is 1.80 bits per heavy atom. The average Bonchev–Trinajstić information content (AvgIpc) is 2.41. The number of benzene rings is 1. The highest BCUT2D eigenvalue weighted by Crippen LogP contribution is 2.07. The van der Waals surface area contributed by atoms with Crippen LogP contribution in [0.15, 0.2) is 24.3 Å². The molecule has 0 radical (unpaired) electrons. The summed E-state index contributed by atoms with van der Waals surface area (Å²) in [5.41, 5.74) is 2.77. The number of rotatable bonds is 10. The van der Waals surface area contributed by atoms with Crippen molar-refractivity contribution in [2.75, 3.05) is 33.4 Å². The molecule has 0 saturated carbocycles.